The van der Waals surface area contributed by atoms with Crippen molar-refractivity contribution in [2.45, 2.75) is 19.8 Å². The summed E-state index contributed by atoms with van der Waals surface area (Å²) in [4.78, 5) is 14.3. The highest BCUT2D eigenvalue weighted by molar-refractivity contribution is 5.92. The number of likely N-dealkylation sites (tertiary alicyclic amines) is 1. The van der Waals surface area contributed by atoms with E-state index in [2.05, 4.69) is 15.5 Å². The molecule has 2 fully saturated rings. The molecule has 114 valence electrons. The van der Waals surface area contributed by atoms with E-state index < -0.39 is 0 Å². The Morgan fingerprint density at radius 3 is 3.05 bits per heavy atom. The molecule has 1 atom stereocenters. The first kappa shape index (κ1) is 14.5. The number of aryl methyl sites for hydroxylation is 1. The van der Waals surface area contributed by atoms with Crippen molar-refractivity contribution in [1.29, 1.82) is 0 Å². The molecule has 1 amide bonds. The van der Waals surface area contributed by atoms with Gasteiger partial charge in [0.2, 0.25) is 5.91 Å². The molecule has 1 unspecified atom stereocenters. The number of hydrogen-bond acceptors (Lipinski definition) is 3. The average Bonchev–Trinajstić information content (AvgIpc) is 3.05. The molecule has 0 bridgehead atoms. The van der Waals surface area contributed by atoms with Gasteiger partial charge in [-0.15, -0.1) is 0 Å². The van der Waals surface area contributed by atoms with Crippen molar-refractivity contribution in [3.8, 4) is 0 Å². The molecule has 2 aliphatic rings. The van der Waals surface area contributed by atoms with Gasteiger partial charge < -0.3 is 10.6 Å². The number of nitrogens with zero attached hydrogens (tertiary/aromatic N) is 1. The topological polar surface area (TPSA) is 44.4 Å². The first-order valence-corrected chi connectivity index (χ1v) is 7.55. The van der Waals surface area contributed by atoms with Crippen LogP contribution in [-0.4, -0.2) is 43.5 Å². The molecule has 4 nitrogen and oxygen atoms in total. The minimum atomic E-state index is -0.287. The van der Waals surface area contributed by atoms with Crippen LogP contribution in [0.15, 0.2) is 18.2 Å². The smallest absolute Gasteiger partial charge is 0.238 e. The largest absolute Gasteiger partial charge is 0.325 e. The third-order valence-corrected chi connectivity index (χ3v) is 4.67. The lowest BCUT2D eigenvalue weighted by Gasteiger charge is -2.22. The first-order valence-electron chi connectivity index (χ1n) is 7.55. The number of nitrogens with one attached hydrogen (secondary N) is 2. The van der Waals surface area contributed by atoms with Crippen molar-refractivity contribution < 1.29 is 9.18 Å². The second-order valence-electron chi connectivity index (χ2n) is 6.40. The van der Waals surface area contributed by atoms with Gasteiger partial charge in [0.15, 0.2) is 0 Å². The van der Waals surface area contributed by atoms with E-state index >= 15 is 0 Å². The number of carbonyl (C=O) groups excluding carboxylic acids is 1. The molecule has 0 saturated carbocycles. The van der Waals surface area contributed by atoms with Gasteiger partial charge in [0.1, 0.15) is 5.82 Å². The van der Waals surface area contributed by atoms with E-state index in [0.717, 1.165) is 32.6 Å². The standard InChI is InChI=1S/C16H22FN3O/c1-12-2-3-13(8-14(12)17)19-15(21)9-20-7-5-16(11-20)4-6-18-10-16/h2-3,8,18H,4-7,9-11H2,1H3,(H,19,21). The predicted molar refractivity (Wildman–Crippen MR) is 80.7 cm³/mol. The lowest BCUT2D eigenvalue weighted by molar-refractivity contribution is -0.117. The summed E-state index contributed by atoms with van der Waals surface area (Å²) in [5.41, 5.74) is 1.48. The first-order chi connectivity index (χ1) is 10.1. The van der Waals surface area contributed by atoms with Crippen LogP contribution in [0.3, 0.4) is 0 Å². The van der Waals surface area contributed by atoms with Gasteiger partial charge in [0, 0.05) is 18.8 Å². The van der Waals surface area contributed by atoms with Gasteiger partial charge >= 0.3 is 0 Å². The molecule has 0 aliphatic carbocycles. The minimum Gasteiger partial charge on any atom is -0.325 e. The van der Waals surface area contributed by atoms with Crippen LogP contribution in [0, 0.1) is 18.2 Å². The van der Waals surface area contributed by atoms with E-state index in [0.29, 0.717) is 23.2 Å². The maximum Gasteiger partial charge on any atom is 0.238 e. The van der Waals surface area contributed by atoms with Crippen molar-refractivity contribution in [3.63, 3.8) is 0 Å². The van der Waals surface area contributed by atoms with Crippen molar-refractivity contribution in [3.05, 3.63) is 29.6 Å². The minimum absolute atomic E-state index is 0.0683. The van der Waals surface area contributed by atoms with Crippen LogP contribution < -0.4 is 10.6 Å². The molecule has 1 aromatic rings. The molecule has 1 aromatic carbocycles. The summed E-state index contributed by atoms with van der Waals surface area (Å²) >= 11 is 0. The molecular formula is C16H22FN3O. The highest BCUT2D eigenvalue weighted by atomic mass is 19.1. The zero-order valence-corrected chi connectivity index (χ0v) is 12.4. The molecule has 21 heavy (non-hydrogen) atoms. The van der Waals surface area contributed by atoms with Crippen molar-refractivity contribution in [2.75, 3.05) is 38.0 Å². The molecule has 2 aliphatic heterocycles. The van der Waals surface area contributed by atoms with Crippen LogP contribution in [0.25, 0.3) is 0 Å². The fourth-order valence-electron chi connectivity index (χ4n) is 3.38. The number of halogens is 1. The summed E-state index contributed by atoms with van der Waals surface area (Å²) in [5, 5.41) is 6.19. The average molecular weight is 291 g/mol. The van der Waals surface area contributed by atoms with Gasteiger partial charge in [-0.2, -0.15) is 0 Å². The van der Waals surface area contributed by atoms with Gasteiger partial charge in [-0.25, -0.2) is 4.39 Å². The fraction of sp³-hybridized carbons (Fsp3) is 0.562. The normalized spacial score (nSPS) is 25.6. The Bertz CT molecular complexity index is 540. The molecular weight excluding hydrogens is 269 g/mol. The Morgan fingerprint density at radius 2 is 2.33 bits per heavy atom. The van der Waals surface area contributed by atoms with Crippen LogP contribution in [0.5, 0.6) is 0 Å². The Labute approximate surface area is 124 Å². The van der Waals surface area contributed by atoms with Crippen LogP contribution in [0.1, 0.15) is 18.4 Å². The Kier molecular flexibility index (Phi) is 3.95. The Balaban J connectivity index is 1.53. The molecule has 0 radical (unpaired) electrons. The van der Waals surface area contributed by atoms with E-state index in [1.807, 2.05) is 0 Å². The Morgan fingerprint density at radius 1 is 1.48 bits per heavy atom. The second-order valence-corrected chi connectivity index (χ2v) is 6.40. The van der Waals surface area contributed by atoms with Gasteiger partial charge in [0.05, 0.1) is 6.54 Å². The number of anilines is 1. The van der Waals surface area contributed by atoms with Gasteiger partial charge in [0.25, 0.3) is 0 Å². The molecule has 3 rings (SSSR count). The summed E-state index contributed by atoms with van der Waals surface area (Å²) < 4.78 is 13.5. The lowest BCUT2D eigenvalue weighted by Crippen LogP contribution is -2.34. The second kappa shape index (κ2) is 5.73. The van der Waals surface area contributed by atoms with E-state index in [4.69, 9.17) is 0 Å². The quantitative estimate of drug-likeness (QED) is 0.892. The molecule has 1 spiro atoms. The monoisotopic (exact) mass is 291 g/mol. The number of rotatable bonds is 3. The number of hydrogen-bond donors (Lipinski definition) is 2. The van der Waals surface area contributed by atoms with E-state index in [-0.39, 0.29) is 11.7 Å². The fourth-order valence-corrected chi connectivity index (χ4v) is 3.38. The van der Waals surface area contributed by atoms with Crippen LogP contribution in [0.4, 0.5) is 10.1 Å². The predicted octanol–water partition coefficient (Wildman–Crippen LogP) is 1.76. The highest BCUT2D eigenvalue weighted by Gasteiger charge is 2.40. The van der Waals surface area contributed by atoms with Crippen molar-refractivity contribution in [2.24, 2.45) is 5.41 Å². The summed E-state index contributed by atoms with van der Waals surface area (Å²) in [7, 11) is 0. The molecule has 5 heteroatoms. The summed E-state index contributed by atoms with van der Waals surface area (Å²) in [6.07, 6.45) is 2.36. The summed E-state index contributed by atoms with van der Waals surface area (Å²) in [5.74, 6) is -0.355. The Hall–Kier alpha value is -1.46. The zero-order chi connectivity index (χ0) is 14.9. The molecule has 2 saturated heterocycles. The SMILES string of the molecule is Cc1ccc(NC(=O)CN2CCC3(CCNC3)C2)cc1F. The van der Waals surface area contributed by atoms with E-state index in [1.165, 1.54) is 12.5 Å². The van der Waals surface area contributed by atoms with Gasteiger partial charge in [-0.05, 0) is 56.0 Å². The third kappa shape index (κ3) is 3.24. The van der Waals surface area contributed by atoms with Crippen molar-refractivity contribution in [1.82, 2.24) is 10.2 Å². The molecule has 2 N–H and O–H groups in total. The summed E-state index contributed by atoms with van der Waals surface area (Å²) in [6, 6.07) is 4.79. The van der Waals surface area contributed by atoms with Crippen molar-refractivity contribution >= 4 is 11.6 Å². The maximum atomic E-state index is 13.5. The number of amides is 1. The molecule has 2 heterocycles. The van der Waals surface area contributed by atoms with Gasteiger partial charge in [-0.3, -0.25) is 9.69 Å². The van der Waals surface area contributed by atoms with Crippen LogP contribution >= 0.6 is 0 Å². The third-order valence-electron chi connectivity index (χ3n) is 4.67. The molecule has 0 aromatic heterocycles. The maximum absolute atomic E-state index is 13.5. The van der Waals surface area contributed by atoms with E-state index in [9.17, 15) is 9.18 Å². The van der Waals surface area contributed by atoms with Gasteiger partial charge in [-0.1, -0.05) is 6.07 Å². The van der Waals surface area contributed by atoms with Crippen LogP contribution in [-0.2, 0) is 4.79 Å². The number of carbonyl (C=O) groups is 1. The number of benzene rings is 1. The summed E-state index contributed by atoms with van der Waals surface area (Å²) in [6.45, 7) is 6.20. The van der Waals surface area contributed by atoms with E-state index in [1.54, 1.807) is 19.1 Å². The lowest BCUT2D eigenvalue weighted by atomic mass is 9.87. The van der Waals surface area contributed by atoms with Crippen LogP contribution in [0.2, 0.25) is 0 Å². The highest BCUT2D eigenvalue weighted by Crippen LogP contribution is 2.35. The zero-order valence-electron chi connectivity index (χ0n) is 12.4.